The summed E-state index contributed by atoms with van der Waals surface area (Å²) in [6, 6.07) is 20.6. The number of hydrogen-bond acceptors (Lipinski definition) is 2. The van der Waals surface area contributed by atoms with E-state index in [1.165, 1.54) is 16.3 Å². The van der Waals surface area contributed by atoms with E-state index < -0.39 is 6.10 Å². The Hall–Kier alpha value is -2.32. The standard InChI is InChI=1S/C19H18O2/c1-13(20)16-11-10-15(12-19(16)21-2)18-9-5-7-14-6-3-4-8-17(14)18/h3-13,20H,1-2H3/t13-/m0/s1. The van der Waals surface area contributed by atoms with E-state index in [1.807, 2.05) is 30.3 Å². The minimum absolute atomic E-state index is 0.540. The molecule has 0 saturated carbocycles. The Morgan fingerprint density at radius 2 is 1.71 bits per heavy atom. The molecule has 0 aliphatic carbocycles. The molecule has 0 aliphatic rings. The van der Waals surface area contributed by atoms with Gasteiger partial charge in [-0.05, 0) is 34.9 Å². The molecule has 3 aromatic rings. The number of aliphatic hydroxyl groups is 1. The lowest BCUT2D eigenvalue weighted by atomic mass is 9.96. The van der Waals surface area contributed by atoms with Gasteiger partial charge < -0.3 is 9.84 Å². The van der Waals surface area contributed by atoms with Crippen LogP contribution in [0.4, 0.5) is 0 Å². The molecular formula is C19H18O2. The number of hydrogen-bond donors (Lipinski definition) is 1. The van der Waals surface area contributed by atoms with E-state index >= 15 is 0 Å². The molecule has 0 unspecified atom stereocenters. The Balaban J connectivity index is 2.19. The number of benzene rings is 3. The van der Waals surface area contributed by atoms with Crippen molar-refractivity contribution in [1.29, 1.82) is 0 Å². The number of fused-ring (bicyclic) bond motifs is 1. The Labute approximate surface area is 124 Å². The quantitative estimate of drug-likeness (QED) is 0.760. The Bertz CT molecular complexity index is 770. The van der Waals surface area contributed by atoms with Crippen molar-refractivity contribution in [2.24, 2.45) is 0 Å². The third-order valence-electron chi connectivity index (χ3n) is 3.78. The van der Waals surface area contributed by atoms with E-state index in [0.717, 1.165) is 16.9 Å². The van der Waals surface area contributed by atoms with Gasteiger partial charge in [0.2, 0.25) is 0 Å². The van der Waals surface area contributed by atoms with Gasteiger partial charge in [-0.1, -0.05) is 54.6 Å². The first kappa shape index (κ1) is 13.7. The third-order valence-corrected chi connectivity index (χ3v) is 3.78. The first-order valence-corrected chi connectivity index (χ1v) is 7.05. The number of methoxy groups -OCH3 is 1. The van der Waals surface area contributed by atoms with E-state index in [1.54, 1.807) is 14.0 Å². The minimum Gasteiger partial charge on any atom is -0.496 e. The molecule has 0 radical (unpaired) electrons. The van der Waals surface area contributed by atoms with Crippen LogP contribution in [0.1, 0.15) is 18.6 Å². The number of ether oxygens (including phenoxy) is 1. The summed E-state index contributed by atoms with van der Waals surface area (Å²) in [6.07, 6.45) is -0.540. The molecule has 0 spiro atoms. The Morgan fingerprint density at radius 1 is 0.952 bits per heavy atom. The summed E-state index contributed by atoms with van der Waals surface area (Å²) in [7, 11) is 1.63. The average molecular weight is 278 g/mol. The fraction of sp³-hybridized carbons (Fsp3) is 0.158. The summed E-state index contributed by atoms with van der Waals surface area (Å²) in [5.41, 5.74) is 3.07. The van der Waals surface area contributed by atoms with Crippen LogP contribution in [0.5, 0.6) is 5.75 Å². The maximum atomic E-state index is 9.79. The van der Waals surface area contributed by atoms with Gasteiger partial charge in [0.15, 0.2) is 0 Å². The van der Waals surface area contributed by atoms with E-state index in [9.17, 15) is 5.11 Å². The van der Waals surface area contributed by atoms with Gasteiger partial charge in [-0.15, -0.1) is 0 Å². The highest BCUT2D eigenvalue weighted by Crippen LogP contribution is 2.34. The lowest BCUT2D eigenvalue weighted by Gasteiger charge is -2.14. The van der Waals surface area contributed by atoms with Crippen molar-refractivity contribution in [3.05, 3.63) is 66.2 Å². The lowest BCUT2D eigenvalue weighted by molar-refractivity contribution is 0.194. The van der Waals surface area contributed by atoms with Crippen LogP contribution in [0.15, 0.2) is 60.7 Å². The largest absolute Gasteiger partial charge is 0.496 e. The average Bonchev–Trinajstić information content (AvgIpc) is 2.53. The predicted molar refractivity (Wildman–Crippen MR) is 86.6 cm³/mol. The van der Waals surface area contributed by atoms with Gasteiger partial charge in [-0.3, -0.25) is 0 Å². The predicted octanol–water partition coefficient (Wildman–Crippen LogP) is 4.57. The molecule has 1 N–H and O–H groups in total. The van der Waals surface area contributed by atoms with Gasteiger partial charge in [0.25, 0.3) is 0 Å². The van der Waals surface area contributed by atoms with E-state index in [4.69, 9.17) is 4.74 Å². The summed E-state index contributed by atoms with van der Waals surface area (Å²) in [4.78, 5) is 0. The third kappa shape index (κ3) is 2.50. The molecular weight excluding hydrogens is 260 g/mol. The van der Waals surface area contributed by atoms with Crippen molar-refractivity contribution in [2.45, 2.75) is 13.0 Å². The summed E-state index contributed by atoms with van der Waals surface area (Å²) in [5.74, 6) is 0.718. The van der Waals surface area contributed by atoms with Gasteiger partial charge in [-0.2, -0.15) is 0 Å². The second-order valence-electron chi connectivity index (χ2n) is 5.16. The molecule has 2 heteroatoms. The maximum Gasteiger partial charge on any atom is 0.125 e. The Morgan fingerprint density at radius 3 is 2.48 bits per heavy atom. The van der Waals surface area contributed by atoms with Crippen molar-refractivity contribution < 1.29 is 9.84 Å². The van der Waals surface area contributed by atoms with Crippen LogP contribution < -0.4 is 4.74 Å². The molecule has 21 heavy (non-hydrogen) atoms. The molecule has 2 nitrogen and oxygen atoms in total. The zero-order chi connectivity index (χ0) is 14.8. The van der Waals surface area contributed by atoms with Gasteiger partial charge in [0.1, 0.15) is 5.75 Å². The van der Waals surface area contributed by atoms with E-state index in [-0.39, 0.29) is 0 Å². The van der Waals surface area contributed by atoms with Crippen LogP contribution in [0.25, 0.3) is 21.9 Å². The zero-order valence-corrected chi connectivity index (χ0v) is 12.2. The second-order valence-corrected chi connectivity index (χ2v) is 5.16. The van der Waals surface area contributed by atoms with Crippen LogP contribution in [-0.2, 0) is 0 Å². The van der Waals surface area contributed by atoms with Crippen molar-refractivity contribution in [2.75, 3.05) is 7.11 Å². The van der Waals surface area contributed by atoms with Crippen LogP contribution in [-0.4, -0.2) is 12.2 Å². The first-order valence-electron chi connectivity index (χ1n) is 7.05. The molecule has 0 aromatic heterocycles. The fourth-order valence-corrected chi connectivity index (χ4v) is 2.70. The highest BCUT2D eigenvalue weighted by molar-refractivity contribution is 5.96. The van der Waals surface area contributed by atoms with Crippen molar-refractivity contribution >= 4 is 10.8 Å². The molecule has 0 fully saturated rings. The molecule has 0 bridgehead atoms. The lowest BCUT2D eigenvalue weighted by Crippen LogP contribution is -1.96. The first-order chi connectivity index (χ1) is 10.2. The zero-order valence-electron chi connectivity index (χ0n) is 12.2. The Kier molecular flexibility index (Phi) is 3.63. The highest BCUT2D eigenvalue weighted by Gasteiger charge is 2.11. The van der Waals surface area contributed by atoms with Crippen molar-refractivity contribution in [3.8, 4) is 16.9 Å². The van der Waals surface area contributed by atoms with E-state index in [2.05, 4.69) is 30.3 Å². The number of aliphatic hydroxyl groups excluding tert-OH is 1. The summed E-state index contributed by atoms with van der Waals surface area (Å²) in [6.45, 7) is 1.75. The van der Waals surface area contributed by atoms with Gasteiger partial charge in [0.05, 0.1) is 13.2 Å². The fourth-order valence-electron chi connectivity index (χ4n) is 2.70. The minimum atomic E-state index is -0.540. The molecule has 3 aromatic carbocycles. The number of rotatable bonds is 3. The molecule has 0 aliphatic heterocycles. The summed E-state index contributed by atoms with van der Waals surface area (Å²) >= 11 is 0. The second kappa shape index (κ2) is 5.58. The van der Waals surface area contributed by atoms with Crippen molar-refractivity contribution in [3.63, 3.8) is 0 Å². The summed E-state index contributed by atoms with van der Waals surface area (Å²) < 4.78 is 5.42. The molecule has 1 atom stereocenters. The molecule has 0 heterocycles. The van der Waals surface area contributed by atoms with Crippen molar-refractivity contribution in [1.82, 2.24) is 0 Å². The van der Waals surface area contributed by atoms with Crippen LogP contribution >= 0.6 is 0 Å². The monoisotopic (exact) mass is 278 g/mol. The van der Waals surface area contributed by atoms with Gasteiger partial charge >= 0.3 is 0 Å². The van der Waals surface area contributed by atoms with Crippen LogP contribution in [0.2, 0.25) is 0 Å². The molecule has 0 amide bonds. The summed E-state index contributed by atoms with van der Waals surface area (Å²) in [5, 5.41) is 12.2. The van der Waals surface area contributed by atoms with Crippen LogP contribution in [0.3, 0.4) is 0 Å². The SMILES string of the molecule is COc1cc(-c2cccc3ccccc23)ccc1[C@H](C)O. The molecule has 0 saturated heterocycles. The van der Waals surface area contributed by atoms with Crippen LogP contribution in [0, 0.1) is 0 Å². The smallest absolute Gasteiger partial charge is 0.125 e. The molecule has 106 valence electrons. The van der Waals surface area contributed by atoms with Gasteiger partial charge in [-0.25, -0.2) is 0 Å². The normalized spacial score (nSPS) is 12.3. The topological polar surface area (TPSA) is 29.5 Å². The molecule has 3 rings (SSSR count). The van der Waals surface area contributed by atoms with E-state index in [0.29, 0.717) is 0 Å². The maximum absolute atomic E-state index is 9.79. The van der Waals surface area contributed by atoms with Gasteiger partial charge in [0, 0.05) is 5.56 Å². The highest BCUT2D eigenvalue weighted by atomic mass is 16.5.